The monoisotopic (exact) mass is 305 g/mol. The number of rotatable bonds is 3. The number of ether oxygens (including phenoxy) is 1. The highest BCUT2D eigenvalue weighted by atomic mass is 16.5. The van der Waals surface area contributed by atoms with Gasteiger partial charge in [-0.25, -0.2) is 14.8 Å². The first-order chi connectivity index (χ1) is 10.7. The Balaban J connectivity index is 1.47. The Kier molecular flexibility index (Phi) is 4.72. The van der Waals surface area contributed by atoms with Crippen molar-refractivity contribution in [2.24, 2.45) is 0 Å². The van der Waals surface area contributed by atoms with Crippen molar-refractivity contribution in [2.45, 2.75) is 31.9 Å². The Morgan fingerprint density at radius 2 is 2.05 bits per heavy atom. The van der Waals surface area contributed by atoms with Crippen molar-refractivity contribution in [3.63, 3.8) is 0 Å². The van der Waals surface area contributed by atoms with Crippen LogP contribution in [0.4, 0.5) is 10.7 Å². The summed E-state index contributed by atoms with van der Waals surface area (Å²) in [7, 11) is 0. The molecule has 7 heteroatoms. The van der Waals surface area contributed by atoms with E-state index in [2.05, 4.69) is 20.2 Å². The fraction of sp³-hybridized carbons (Fsp3) is 0.667. The van der Waals surface area contributed by atoms with Gasteiger partial charge in [0.25, 0.3) is 0 Å². The first-order valence-corrected chi connectivity index (χ1v) is 7.93. The van der Waals surface area contributed by atoms with Crippen LogP contribution in [0.3, 0.4) is 0 Å². The van der Waals surface area contributed by atoms with Crippen LogP contribution in [0.15, 0.2) is 18.5 Å². The second kappa shape index (κ2) is 6.91. The molecule has 0 spiro atoms. The van der Waals surface area contributed by atoms with Crippen LogP contribution in [-0.2, 0) is 4.74 Å². The van der Waals surface area contributed by atoms with Gasteiger partial charge in [0.2, 0.25) is 5.95 Å². The number of urea groups is 1. The normalized spacial score (nSPS) is 23.4. The summed E-state index contributed by atoms with van der Waals surface area (Å²) in [6.07, 6.45) is 5.75. The first kappa shape index (κ1) is 15.0. The van der Waals surface area contributed by atoms with Crippen molar-refractivity contribution < 1.29 is 9.53 Å². The standard InChI is InChI=1S/C15H23N5O2/c1-12(13-4-2-11-22-13)18-15(21)20-9-7-19(8-10-20)14-16-5-3-6-17-14/h3,5-6,12-13H,2,4,7-11H2,1H3,(H,18,21)/t12-,13+/m0/s1. The van der Waals surface area contributed by atoms with E-state index in [0.717, 1.165) is 38.5 Å². The molecule has 2 aliphatic rings. The fourth-order valence-corrected chi connectivity index (χ4v) is 2.94. The van der Waals surface area contributed by atoms with Gasteiger partial charge in [-0.2, -0.15) is 0 Å². The summed E-state index contributed by atoms with van der Waals surface area (Å²) in [5, 5.41) is 3.06. The summed E-state index contributed by atoms with van der Waals surface area (Å²) in [6, 6.07) is 1.86. The number of hydrogen-bond donors (Lipinski definition) is 1. The minimum atomic E-state index is -0.00312. The smallest absolute Gasteiger partial charge is 0.317 e. The molecule has 2 aliphatic heterocycles. The number of piperazine rings is 1. The van der Waals surface area contributed by atoms with Gasteiger partial charge < -0.3 is 19.9 Å². The van der Waals surface area contributed by atoms with E-state index in [4.69, 9.17) is 4.74 Å². The van der Waals surface area contributed by atoms with E-state index in [9.17, 15) is 4.79 Å². The molecule has 2 atom stereocenters. The lowest BCUT2D eigenvalue weighted by Gasteiger charge is -2.35. The second-order valence-electron chi connectivity index (χ2n) is 5.81. The number of carbonyl (C=O) groups is 1. The summed E-state index contributed by atoms with van der Waals surface area (Å²) in [5.41, 5.74) is 0. The molecule has 22 heavy (non-hydrogen) atoms. The molecule has 120 valence electrons. The van der Waals surface area contributed by atoms with Gasteiger partial charge in [-0.3, -0.25) is 0 Å². The van der Waals surface area contributed by atoms with E-state index in [1.54, 1.807) is 18.5 Å². The topological polar surface area (TPSA) is 70.6 Å². The van der Waals surface area contributed by atoms with Gasteiger partial charge in [-0.1, -0.05) is 0 Å². The van der Waals surface area contributed by atoms with E-state index >= 15 is 0 Å². The van der Waals surface area contributed by atoms with Gasteiger partial charge in [-0.05, 0) is 25.8 Å². The fourth-order valence-electron chi connectivity index (χ4n) is 2.94. The highest BCUT2D eigenvalue weighted by Gasteiger charge is 2.27. The van der Waals surface area contributed by atoms with Crippen LogP contribution in [0.2, 0.25) is 0 Å². The molecule has 3 heterocycles. The lowest BCUT2D eigenvalue weighted by Crippen LogP contribution is -2.54. The zero-order valence-corrected chi connectivity index (χ0v) is 12.9. The van der Waals surface area contributed by atoms with Gasteiger partial charge in [0.05, 0.1) is 12.1 Å². The third-order valence-corrected chi connectivity index (χ3v) is 4.28. The third kappa shape index (κ3) is 3.47. The number of nitrogens with zero attached hydrogens (tertiary/aromatic N) is 4. The van der Waals surface area contributed by atoms with E-state index in [1.165, 1.54) is 0 Å². The Morgan fingerprint density at radius 3 is 2.68 bits per heavy atom. The summed E-state index contributed by atoms with van der Waals surface area (Å²) in [5.74, 6) is 0.732. The Morgan fingerprint density at radius 1 is 1.32 bits per heavy atom. The molecule has 2 amide bonds. The van der Waals surface area contributed by atoms with Gasteiger partial charge in [0.15, 0.2) is 0 Å². The van der Waals surface area contributed by atoms with Gasteiger partial charge in [0.1, 0.15) is 0 Å². The van der Waals surface area contributed by atoms with Crippen LogP contribution in [-0.4, -0.2) is 65.8 Å². The molecule has 1 aromatic heterocycles. The molecule has 2 saturated heterocycles. The average Bonchev–Trinajstić information content (AvgIpc) is 3.10. The second-order valence-corrected chi connectivity index (χ2v) is 5.81. The van der Waals surface area contributed by atoms with Crippen LogP contribution in [0.5, 0.6) is 0 Å². The summed E-state index contributed by atoms with van der Waals surface area (Å²) < 4.78 is 5.62. The van der Waals surface area contributed by atoms with Gasteiger partial charge in [-0.15, -0.1) is 0 Å². The van der Waals surface area contributed by atoms with Crippen LogP contribution < -0.4 is 10.2 Å². The molecule has 0 saturated carbocycles. The molecule has 0 aliphatic carbocycles. The van der Waals surface area contributed by atoms with Crippen LogP contribution in [0.25, 0.3) is 0 Å². The molecule has 0 bridgehead atoms. The van der Waals surface area contributed by atoms with E-state index in [0.29, 0.717) is 13.1 Å². The summed E-state index contributed by atoms with van der Waals surface area (Å²) in [6.45, 7) is 5.70. The van der Waals surface area contributed by atoms with Gasteiger partial charge in [0, 0.05) is 45.2 Å². The third-order valence-electron chi connectivity index (χ3n) is 4.28. The van der Waals surface area contributed by atoms with Crippen LogP contribution in [0, 0.1) is 0 Å². The minimum absolute atomic E-state index is 0.00312. The quantitative estimate of drug-likeness (QED) is 0.897. The number of carbonyl (C=O) groups excluding carboxylic acids is 1. The highest BCUT2D eigenvalue weighted by Crippen LogP contribution is 2.16. The zero-order chi connectivity index (χ0) is 15.4. The van der Waals surface area contributed by atoms with Crippen molar-refractivity contribution in [3.05, 3.63) is 18.5 Å². The number of amides is 2. The molecule has 0 unspecified atom stereocenters. The summed E-state index contributed by atoms with van der Waals surface area (Å²) in [4.78, 5) is 24.8. The van der Waals surface area contributed by atoms with Crippen LogP contribution >= 0.6 is 0 Å². The molecule has 0 radical (unpaired) electrons. The maximum absolute atomic E-state index is 12.3. The lowest BCUT2D eigenvalue weighted by atomic mass is 10.1. The Hall–Kier alpha value is -1.89. The van der Waals surface area contributed by atoms with Crippen molar-refractivity contribution >= 4 is 12.0 Å². The molecule has 1 aromatic rings. The van der Waals surface area contributed by atoms with Crippen molar-refractivity contribution in [3.8, 4) is 0 Å². The summed E-state index contributed by atoms with van der Waals surface area (Å²) >= 11 is 0. The maximum Gasteiger partial charge on any atom is 0.317 e. The molecule has 7 nitrogen and oxygen atoms in total. The molecule has 1 N–H and O–H groups in total. The molecular weight excluding hydrogens is 282 g/mol. The van der Waals surface area contributed by atoms with E-state index in [-0.39, 0.29) is 18.2 Å². The van der Waals surface area contributed by atoms with Gasteiger partial charge >= 0.3 is 6.03 Å². The van der Waals surface area contributed by atoms with Crippen molar-refractivity contribution in [1.82, 2.24) is 20.2 Å². The maximum atomic E-state index is 12.3. The number of aromatic nitrogens is 2. The largest absolute Gasteiger partial charge is 0.376 e. The number of nitrogens with one attached hydrogen (secondary N) is 1. The number of hydrogen-bond acceptors (Lipinski definition) is 5. The lowest BCUT2D eigenvalue weighted by molar-refractivity contribution is 0.0831. The number of anilines is 1. The predicted molar refractivity (Wildman–Crippen MR) is 82.8 cm³/mol. The molecule has 0 aromatic carbocycles. The molecular formula is C15H23N5O2. The zero-order valence-electron chi connectivity index (χ0n) is 12.9. The minimum Gasteiger partial charge on any atom is -0.376 e. The highest BCUT2D eigenvalue weighted by molar-refractivity contribution is 5.74. The van der Waals surface area contributed by atoms with E-state index in [1.807, 2.05) is 11.8 Å². The predicted octanol–water partition coefficient (Wildman–Crippen LogP) is 0.876. The van der Waals surface area contributed by atoms with E-state index < -0.39 is 0 Å². The molecule has 2 fully saturated rings. The SMILES string of the molecule is C[C@H](NC(=O)N1CCN(c2ncccn2)CC1)[C@H]1CCCO1. The molecule has 3 rings (SSSR count). The first-order valence-electron chi connectivity index (χ1n) is 7.93. The average molecular weight is 305 g/mol. The van der Waals surface area contributed by atoms with Crippen LogP contribution in [0.1, 0.15) is 19.8 Å². The Labute approximate surface area is 130 Å². The van der Waals surface area contributed by atoms with Crippen molar-refractivity contribution in [1.29, 1.82) is 0 Å². The Bertz CT molecular complexity index is 484. The van der Waals surface area contributed by atoms with Crippen molar-refractivity contribution in [2.75, 3.05) is 37.7 Å².